The maximum Gasteiger partial charge on any atom is 0.416 e. The molecule has 0 saturated heterocycles. The highest BCUT2D eigenvalue weighted by Crippen LogP contribution is 2.38. The van der Waals surface area contributed by atoms with Crippen molar-refractivity contribution in [3.63, 3.8) is 0 Å². The van der Waals surface area contributed by atoms with E-state index in [0.29, 0.717) is 12.1 Å². The maximum absolute atomic E-state index is 12.9. The fourth-order valence-corrected chi connectivity index (χ4v) is 3.09. The second-order valence-electron chi connectivity index (χ2n) is 5.38. The summed E-state index contributed by atoms with van der Waals surface area (Å²) in [7, 11) is 0. The van der Waals surface area contributed by atoms with Gasteiger partial charge in [-0.25, -0.2) is 0 Å². The van der Waals surface area contributed by atoms with Gasteiger partial charge < -0.3 is 4.90 Å². The summed E-state index contributed by atoms with van der Waals surface area (Å²) < 4.78 is 77.6. The topological polar surface area (TPSA) is 20.3 Å². The molecule has 0 aliphatic carbocycles. The minimum absolute atomic E-state index is 0.0287. The van der Waals surface area contributed by atoms with Gasteiger partial charge in [0.2, 0.25) is 6.41 Å². The normalized spacial score (nSPS) is 12.1. The first-order valence-electron chi connectivity index (χ1n) is 7.22. The Kier molecular flexibility index (Phi) is 5.90. The summed E-state index contributed by atoms with van der Waals surface area (Å²) in [5, 5.41) is 0. The standard InChI is InChI=1S/C17H13F6NOS/c1-11-4-2-3-5-15(11)26-10-24(9-25)14-7-12(16(18,19)20)6-13(8-14)17(21,22)23/h2-9H,10H2,1H3. The van der Waals surface area contributed by atoms with Crippen LogP contribution in [-0.2, 0) is 17.1 Å². The zero-order chi connectivity index (χ0) is 19.5. The number of aryl methyl sites for hydroxylation is 1. The molecule has 0 N–H and O–H groups in total. The van der Waals surface area contributed by atoms with Crippen LogP contribution >= 0.6 is 11.8 Å². The van der Waals surface area contributed by atoms with Crippen molar-refractivity contribution in [3.05, 3.63) is 59.2 Å². The molecule has 0 aliphatic heterocycles. The number of thioether (sulfide) groups is 1. The molecule has 0 unspecified atom stereocenters. The molecule has 2 nitrogen and oxygen atoms in total. The Morgan fingerprint density at radius 2 is 1.50 bits per heavy atom. The van der Waals surface area contributed by atoms with Gasteiger partial charge in [-0.15, -0.1) is 11.8 Å². The van der Waals surface area contributed by atoms with Gasteiger partial charge in [0, 0.05) is 10.6 Å². The Bertz CT molecular complexity index is 755. The first-order chi connectivity index (χ1) is 12.0. The first-order valence-corrected chi connectivity index (χ1v) is 8.21. The Balaban J connectivity index is 2.37. The third-order valence-electron chi connectivity index (χ3n) is 3.48. The van der Waals surface area contributed by atoms with Crippen molar-refractivity contribution < 1.29 is 31.1 Å². The van der Waals surface area contributed by atoms with Gasteiger partial charge >= 0.3 is 12.4 Å². The number of benzene rings is 2. The minimum atomic E-state index is -4.96. The molecule has 0 fully saturated rings. The van der Waals surface area contributed by atoms with Gasteiger partial charge in [0.05, 0.1) is 17.0 Å². The zero-order valence-electron chi connectivity index (χ0n) is 13.4. The van der Waals surface area contributed by atoms with Crippen LogP contribution in [0.5, 0.6) is 0 Å². The van der Waals surface area contributed by atoms with Crippen molar-refractivity contribution in [1.82, 2.24) is 0 Å². The third-order valence-corrected chi connectivity index (χ3v) is 4.66. The van der Waals surface area contributed by atoms with Gasteiger partial charge in [-0.1, -0.05) is 18.2 Å². The molecule has 0 atom stereocenters. The lowest BCUT2D eigenvalue weighted by Gasteiger charge is -2.21. The van der Waals surface area contributed by atoms with E-state index in [4.69, 9.17) is 0 Å². The molecular weight excluding hydrogens is 380 g/mol. The molecule has 140 valence electrons. The van der Waals surface area contributed by atoms with Crippen molar-refractivity contribution >= 4 is 23.9 Å². The van der Waals surface area contributed by atoms with E-state index in [9.17, 15) is 31.1 Å². The van der Waals surface area contributed by atoms with Crippen LogP contribution in [0.25, 0.3) is 0 Å². The second kappa shape index (κ2) is 7.61. The zero-order valence-corrected chi connectivity index (χ0v) is 14.2. The van der Waals surface area contributed by atoms with Gasteiger partial charge in [0.1, 0.15) is 0 Å². The highest BCUT2D eigenvalue weighted by molar-refractivity contribution is 7.99. The Morgan fingerprint density at radius 3 is 1.96 bits per heavy atom. The van der Waals surface area contributed by atoms with E-state index in [1.807, 2.05) is 0 Å². The number of nitrogens with zero attached hydrogens (tertiary/aromatic N) is 1. The van der Waals surface area contributed by atoms with Crippen LogP contribution in [0.15, 0.2) is 47.4 Å². The minimum Gasteiger partial charge on any atom is -0.305 e. The molecular formula is C17H13F6NOS. The average Bonchev–Trinajstić information content (AvgIpc) is 2.55. The molecule has 26 heavy (non-hydrogen) atoms. The van der Waals surface area contributed by atoms with E-state index in [-0.39, 0.29) is 18.4 Å². The molecule has 0 saturated carbocycles. The molecule has 2 rings (SSSR count). The van der Waals surface area contributed by atoms with Crippen molar-refractivity contribution in [2.24, 2.45) is 0 Å². The van der Waals surface area contributed by atoms with E-state index in [2.05, 4.69) is 0 Å². The fourth-order valence-electron chi connectivity index (χ4n) is 2.13. The number of hydrogen-bond acceptors (Lipinski definition) is 2. The molecule has 9 heteroatoms. The van der Waals surface area contributed by atoms with Gasteiger partial charge in [0.15, 0.2) is 0 Å². The van der Waals surface area contributed by atoms with E-state index in [0.717, 1.165) is 27.1 Å². The summed E-state index contributed by atoms with van der Waals surface area (Å²) in [4.78, 5) is 12.9. The van der Waals surface area contributed by atoms with Crippen LogP contribution in [0, 0.1) is 6.92 Å². The summed E-state index contributed by atoms with van der Waals surface area (Å²) in [5.74, 6) is -0.132. The van der Waals surface area contributed by atoms with E-state index in [1.54, 1.807) is 31.2 Å². The monoisotopic (exact) mass is 393 g/mol. The lowest BCUT2D eigenvalue weighted by atomic mass is 10.1. The molecule has 0 aromatic heterocycles. The number of halogens is 6. The molecule has 2 aromatic carbocycles. The van der Waals surface area contributed by atoms with Crippen LogP contribution in [-0.4, -0.2) is 12.3 Å². The predicted molar refractivity (Wildman–Crippen MR) is 86.9 cm³/mol. The summed E-state index contributed by atoms with van der Waals surface area (Å²) in [6.07, 6.45) is -9.72. The Morgan fingerprint density at radius 1 is 0.962 bits per heavy atom. The third kappa shape index (κ3) is 4.94. The molecule has 1 amide bonds. The molecule has 0 radical (unpaired) electrons. The van der Waals surface area contributed by atoms with Crippen LogP contribution in [0.2, 0.25) is 0 Å². The summed E-state index contributed by atoms with van der Waals surface area (Å²) in [6.45, 7) is 1.81. The van der Waals surface area contributed by atoms with Gasteiger partial charge in [0.25, 0.3) is 0 Å². The van der Waals surface area contributed by atoms with Crippen LogP contribution < -0.4 is 4.90 Å². The summed E-state index contributed by atoms with van der Waals surface area (Å²) in [6, 6.07) is 8.17. The lowest BCUT2D eigenvalue weighted by Crippen LogP contribution is -2.22. The SMILES string of the molecule is Cc1ccccc1SCN(C=O)c1cc(C(F)(F)F)cc(C(F)(F)F)c1. The molecule has 0 spiro atoms. The van der Waals surface area contributed by atoms with Crippen LogP contribution in [0.3, 0.4) is 0 Å². The van der Waals surface area contributed by atoms with Crippen molar-refractivity contribution in [2.45, 2.75) is 24.2 Å². The first kappa shape index (κ1) is 20.2. The molecule has 2 aromatic rings. The number of hydrogen-bond donors (Lipinski definition) is 0. The van der Waals surface area contributed by atoms with Gasteiger partial charge in [-0.05, 0) is 36.8 Å². The lowest BCUT2D eigenvalue weighted by molar-refractivity contribution is -0.143. The van der Waals surface area contributed by atoms with E-state index < -0.39 is 29.2 Å². The second-order valence-corrected chi connectivity index (χ2v) is 6.36. The van der Waals surface area contributed by atoms with Crippen molar-refractivity contribution in [2.75, 3.05) is 10.8 Å². The highest BCUT2D eigenvalue weighted by atomic mass is 32.2. The smallest absolute Gasteiger partial charge is 0.305 e. The maximum atomic E-state index is 12.9. The van der Waals surface area contributed by atoms with Crippen molar-refractivity contribution in [1.29, 1.82) is 0 Å². The number of carbonyl (C=O) groups excluding carboxylic acids is 1. The van der Waals surface area contributed by atoms with Crippen LogP contribution in [0.4, 0.5) is 32.0 Å². The molecule has 0 heterocycles. The van der Waals surface area contributed by atoms with E-state index >= 15 is 0 Å². The van der Waals surface area contributed by atoms with Crippen molar-refractivity contribution in [3.8, 4) is 0 Å². The summed E-state index contributed by atoms with van der Waals surface area (Å²) >= 11 is 1.13. The fraction of sp³-hybridized carbons (Fsp3) is 0.235. The quantitative estimate of drug-likeness (QED) is 0.279. The number of carbonyl (C=O) groups is 1. The van der Waals surface area contributed by atoms with Crippen LogP contribution in [0.1, 0.15) is 16.7 Å². The summed E-state index contributed by atoms with van der Waals surface area (Å²) in [5.41, 5.74) is -2.52. The Labute approximate surface area is 149 Å². The predicted octanol–water partition coefficient (Wildman–Crippen LogP) is 5.75. The van der Waals surface area contributed by atoms with Gasteiger partial charge in [-0.2, -0.15) is 26.3 Å². The largest absolute Gasteiger partial charge is 0.416 e. The number of anilines is 1. The number of amides is 1. The highest BCUT2D eigenvalue weighted by Gasteiger charge is 2.37. The number of alkyl halides is 6. The molecule has 0 bridgehead atoms. The average molecular weight is 393 g/mol. The number of rotatable bonds is 5. The van der Waals surface area contributed by atoms with Gasteiger partial charge in [-0.3, -0.25) is 4.79 Å². The Hall–Kier alpha value is -2.16. The van der Waals surface area contributed by atoms with E-state index in [1.165, 1.54) is 0 Å². The molecule has 0 aliphatic rings.